The predicted molar refractivity (Wildman–Crippen MR) is 99.1 cm³/mol. The van der Waals surface area contributed by atoms with Crippen molar-refractivity contribution in [1.29, 1.82) is 0 Å². The molecule has 4 aliphatic rings. The topological polar surface area (TPSA) is 0 Å². The minimum atomic E-state index is 0.528. The lowest BCUT2D eigenvalue weighted by atomic mass is 9.45. The molecule has 4 aliphatic carbocycles. The Morgan fingerprint density at radius 1 is 0.870 bits per heavy atom. The Labute approximate surface area is 145 Å². The molecule has 23 heavy (non-hydrogen) atoms. The maximum Gasteiger partial charge on any atom is -0.0204 e. The first kappa shape index (κ1) is 16.5. The van der Waals surface area contributed by atoms with E-state index < -0.39 is 0 Å². The van der Waals surface area contributed by atoms with Gasteiger partial charge in [0.15, 0.2) is 0 Å². The van der Waals surface area contributed by atoms with Crippen molar-refractivity contribution in [2.75, 3.05) is 0 Å². The van der Waals surface area contributed by atoms with Gasteiger partial charge in [-0.1, -0.05) is 62.3 Å². The molecular formula is C23H40. The van der Waals surface area contributed by atoms with Gasteiger partial charge >= 0.3 is 0 Å². The molecule has 0 nitrogen and oxygen atoms in total. The first-order valence-electron chi connectivity index (χ1n) is 10.4. The third-order valence-electron chi connectivity index (χ3n) is 10.9. The van der Waals surface area contributed by atoms with E-state index in [1.807, 2.05) is 0 Å². The van der Waals surface area contributed by atoms with Crippen LogP contribution < -0.4 is 0 Å². The lowest BCUT2D eigenvalue weighted by Crippen LogP contribution is -2.54. The molecule has 0 heterocycles. The first-order chi connectivity index (χ1) is 10.4. The second-order valence-electron chi connectivity index (χ2n) is 12.0. The summed E-state index contributed by atoms with van der Waals surface area (Å²) in [5.74, 6) is 6.56. The van der Waals surface area contributed by atoms with Gasteiger partial charge in [0.25, 0.3) is 0 Å². The smallest absolute Gasteiger partial charge is 0.0204 e. The van der Waals surface area contributed by atoms with Gasteiger partial charge in [0, 0.05) is 0 Å². The lowest BCUT2D eigenvalue weighted by molar-refractivity contribution is -0.120. The fraction of sp³-hybridized carbons (Fsp3) is 1.00. The molecule has 0 aromatic rings. The second-order valence-corrected chi connectivity index (χ2v) is 12.0. The van der Waals surface area contributed by atoms with Crippen molar-refractivity contribution < 1.29 is 0 Å². The SMILES string of the molecule is CC(CC1C2C(C)C(C)(C)C(C)C2C1(C)C)C(C)C12CC1(C)C2. The highest BCUT2D eigenvalue weighted by molar-refractivity contribution is 5.30. The summed E-state index contributed by atoms with van der Waals surface area (Å²) in [6.07, 6.45) is 4.55. The molecule has 4 rings (SSSR count). The van der Waals surface area contributed by atoms with Gasteiger partial charge in [-0.15, -0.1) is 0 Å². The number of fused-ring (bicyclic) bond motifs is 2. The van der Waals surface area contributed by atoms with Crippen molar-refractivity contribution in [2.45, 2.75) is 81.6 Å². The Balaban J connectivity index is 1.49. The van der Waals surface area contributed by atoms with Crippen molar-refractivity contribution in [2.24, 2.45) is 63.1 Å². The Kier molecular flexibility index (Phi) is 3.01. The molecular weight excluding hydrogens is 276 g/mol. The normalized spacial score (nSPS) is 57.0. The first-order valence-corrected chi connectivity index (χ1v) is 10.4. The van der Waals surface area contributed by atoms with Crippen LogP contribution in [-0.4, -0.2) is 0 Å². The zero-order valence-corrected chi connectivity index (χ0v) is 17.2. The van der Waals surface area contributed by atoms with Crippen LogP contribution in [0.25, 0.3) is 0 Å². The minimum Gasteiger partial charge on any atom is -0.0622 e. The average molecular weight is 317 g/mol. The number of rotatable bonds is 4. The van der Waals surface area contributed by atoms with Crippen LogP contribution in [0.5, 0.6) is 0 Å². The summed E-state index contributed by atoms with van der Waals surface area (Å²) in [6.45, 7) is 23.1. The van der Waals surface area contributed by atoms with Crippen molar-refractivity contribution in [3.05, 3.63) is 0 Å². The van der Waals surface area contributed by atoms with E-state index in [-0.39, 0.29) is 0 Å². The van der Waals surface area contributed by atoms with E-state index in [2.05, 4.69) is 62.3 Å². The van der Waals surface area contributed by atoms with Crippen LogP contribution in [0.15, 0.2) is 0 Å². The van der Waals surface area contributed by atoms with Crippen LogP contribution in [0.3, 0.4) is 0 Å². The van der Waals surface area contributed by atoms with Gasteiger partial charge < -0.3 is 0 Å². The van der Waals surface area contributed by atoms with E-state index in [9.17, 15) is 0 Å². The molecule has 0 bridgehead atoms. The van der Waals surface area contributed by atoms with E-state index in [1.54, 1.807) is 0 Å². The fourth-order valence-corrected chi connectivity index (χ4v) is 8.12. The average Bonchev–Trinajstić information content (AvgIpc) is 3.21. The third-order valence-corrected chi connectivity index (χ3v) is 10.9. The third kappa shape index (κ3) is 1.75. The van der Waals surface area contributed by atoms with Gasteiger partial charge in [-0.2, -0.15) is 0 Å². The Bertz CT molecular complexity index is 518. The maximum absolute atomic E-state index is 2.59. The summed E-state index contributed by atoms with van der Waals surface area (Å²) in [6, 6.07) is 0. The van der Waals surface area contributed by atoms with Gasteiger partial charge in [-0.05, 0) is 82.3 Å². The summed E-state index contributed by atoms with van der Waals surface area (Å²) < 4.78 is 0. The molecule has 7 unspecified atom stereocenters. The zero-order valence-electron chi connectivity index (χ0n) is 17.2. The van der Waals surface area contributed by atoms with Crippen LogP contribution in [0, 0.1) is 63.1 Å². The molecule has 0 saturated heterocycles. The number of hydrogen-bond donors (Lipinski definition) is 0. The quantitative estimate of drug-likeness (QED) is 0.544. The summed E-state index contributed by atoms with van der Waals surface area (Å²) in [5, 5.41) is 0. The highest BCUT2D eigenvalue weighted by Crippen LogP contribution is 2.89. The molecule has 0 N–H and O–H groups in total. The van der Waals surface area contributed by atoms with Crippen molar-refractivity contribution in [3.8, 4) is 0 Å². The molecule has 0 aromatic carbocycles. The Hall–Kier alpha value is 0. The van der Waals surface area contributed by atoms with Crippen LogP contribution in [0.2, 0.25) is 0 Å². The van der Waals surface area contributed by atoms with E-state index >= 15 is 0 Å². The largest absolute Gasteiger partial charge is 0.0622 e. The lowest BCUT2D eigenvalue weighted by Gasteiger charge is -2.60. The summed E-state index contributed by atoms with van der Waals surface area (Å²) in [4.78, 5) is 0. The van der Waals surface area contributed by atoms with Crippen LogP contribution >= 0.6 is 0 Å². The van der Waals surface area contributed by atoms with E-state index in [0.29, 0.717) is 10.8 Å². The van der Waals surface area contributed by atoms with E-state index in [1.165, 1.54) is 19.3 Å². The Morgan fingerprint density at radius 3 is 1.87 bits per heavy atom. The van der Waals surface area contributed by atoms with Gasteiger partial charge in [0.05, 0.1) is 0 Å². The minimum absolute atomic E-state index is 0.528. The van der Waals surface area contributed by atoms with Gasteiger partial charge in [-0.25, -0.2) is 0 Å². The van der Waals surface area contributed by atoms with Gasteiger partial charge in [-0.3, -0.25) is 0 Å². The predicted octanol–water partition coefficient (Wildman–Crippen LogP) is 6.65. The highest BCUT2D eigenvalue weighted by Gasteiger charge is 2.81. The van der Waals surface area contributed by atoms with Gasteiger partial charge in [0.1, 0.15) is 0 Å². The molecule has 4 saturated carbocycles. The molecule has 0 radical (unpaired) electrons. The second kappa shape index (κ2) is 4.21. The molecule has 132 valence electrons. The highest BCUT2D eigenvalue weighted by atomic mass is 14.9. The fourth-order valence-electron chi connectivity index (χ4n) is 8.12. The van der Waals surface area contributed by atoms with Crippen molar-refractivity contribution >= 4 is 0 Å². The molecule has 0 spiro atoms. The number of hydrogen-bond acceptors (Lipinski definition) is 0. The van der Waals surface area contributed by atoms with E-state index in [0.717, 1.165) is 52.3 Å². The van der Waals surface area contributed by atoms with Crippen LogP contribution in [0.4, 0.5) is 0 Å². The molecule has 0 heteroatoms. The summed E-state index contributed by atoms with van der Waals surface area (Å²) >= 11 is 0. The molecule has 0 aliphatic heterocycles. The van der Waals surface area contributed by atoms with E-state index in [4.69, 9.17) is 0 Å². The van der Waals surface area contributed by atoms with Crippen molar-refractivity contribution in [1.82, 2.24) is 0 Å². The standard InChI is InChI=1S/C23H40/c1-13(14(2)23-11-22(23,9)12-23)10-17-18-15(3)20(5,6)16(4)19(18)21(17,7)8/h13-19H,10-12H2,1-9H3. The molecule has 4 fully saturated rings. The molecule has 0 aromatic heterocycles. The van der Waals surface area contributed by atoms with Crippen molar-refractivity contribution in [3.63, 3.8) is 0 Å². The summed E-state index contributed by atoms with van der Waals surface area (Å²) in [5.41, 5.74) is 2.65. The van der Waals surface area contributed by atoms with Gasteiger partial charge in [0.2, 0.25) is 0 Å². The Morgan fingerprint density at radius 2 is 1.39 bits per heavy atom. The van der Waals surface area contributed by atoms with Crippen LogP contribution in [-0.2, 0) is 0 Å². The molecule has 0 amide bonds. The van der Waals surface area contributed by atoms with Crippen LogP contribution in [0.1, 0.15) is 81.6 Å². The monoisotopic (exact) mass is 316 g/mol. The molecule has 7 atom stereocenters. The summed E-state index contributed by atoms with van der Waals surface area (Å²) in [7, 11) is 0. The zero-order chi connectivity index (χ0) is 17.2. The maximum atomic E-state index is 2.59.